The van der Waals surface area contributed by atoms with Crippen molar-refractivity contribution in [1.29, 1.82) is 0 Å². The summed E-state index contributed by atoms with van der Waals surface area (Å²) in [6.07, 6.45) is 5.41. The first-order valence-corrected chi connectivity index (χ1v) is 16.7. The summed E-state index contributed by atoms with van der Waals surface area (Å²) < 4.78 is 11.3. The summed E-state index contributed by atoms with van der Waals surface area (Å²) in [6.45, 7) is 16.8. The normalized spacial score (nSPS) is 12.5. The summed E-state index contributed by atoms with van der Waals surface area (Å²) in [4.78, 5) is 14.3. The molecule has 0 fully saturated rings. The number of phenols is 1. The number of phenolic OH excluding ortho intramolecular Hbond substituents is 1. The highest BCUT2D eigenvalue weighted by Gasteiger charge is 2.22. The van der Waals surface area contributed by atoms with Crippen LogP contribution < -0.4 is 10.1 Å². The summed E-state index contributed by atoms with van der Waals surface area (Å²) in [7, 11) is 0. The first-order chi connectivity index (χ1) is 21.4. The zero-order valence-electron chi connectivity index (χ0n) is 28.6. The van der Waals surface area contributed by atoms with Crippen LogP contribution in [0.1, 0.15) is 102 Å². The Kier molecular flexibility index (Phi) is 14.3. The van der Waals surface area contributed by atoms with E-state index in [-0.39, 0.29) is 12.0 Å². The van der Waals surface area contributed by atoms with Crippen molar-refractivity contribution in [3.05, 3.63) is 95.1 Å². The first kappa shape index (κ1) is 36.0. The van der Waals surface area contributed by atoms with Crippen LogP contribution in [0, 0.1) is 0 Å². The zero-order chi connectivity index (χ0) is 32.8. The van der Waals surface area contributed by atoms with Crippen LogP contribution in [0.4, 0.5) is 4.79 Å². The molecule has 0 spiro atoms. The molecule has 0 saturated heterocycles. The smallest absolute Gasteiger partial charge is 0.407 e. The van der Waals surface area contributed by atoms with E-state index in [1.807, 2.05) is 51.1 Å². The van der Waals surface area contributed by atoms with Gasteiger partial charge < -0.3 is 19.9 Å². The molecule has 0 radical (unpaired) electrons. The lowest BCUT2D eigenvalue weighted by molar-refractivity contribution is 0.0528. The van der Waals surface area contributed by atoms with Crippen LogP contribution in [0.15, 0.2) is 72.8 Å². The van der Waals surface area contributed by atoms with Crippen LogP contribution in [-0.2, 0) is 17.6 Å². The van der Waals surface area contributed by atoms with Gasteiger partial charge in [-0.25, -0.2) is 4.79 Å². The maximum atomic E-state index is 11.8. The van der Waals surface area contributed by atoms with Gasteiger partial charge in [-0.15, -0.1) is 0 Å². The van der Waals surface area contributed by atoms with Crippen molar-refractivity contribution < 1.29 is 19.4 Å². The summed E-state index contributed by atoms with van der Waals surface area (Å²) in [5.41, 5.74) is 4.19. The van der Waals surface area contributed by atoms with Crippen LogP contribution in [0.3, 0.4) is 0 Å². The van der Waals surface area contributed by atoms with Gasteiger partial charge in [-0.3, -0.25) is 4.90 Å². The average molecular weight is 617 g/mol. The number of hydrogen-bond donors (Lipinski definition) is 2. The number of amides is 1. The van der Waals surface area contributed by atoms with E-state index in [4.69, 9.17) is 9.47 Å². The fourth-order valence-electron chi connectivity index (χ4n) is 5.79. The summed E-state index contributed by atoms with van der Waals surface area (Å²) in [6, 6.07) is 25.8. The Hall–Kier alpha value is -3.51. The second kappa shape index (κ2) is 17.8. The average Bonchev–Trinajstić information content (AvgIpc) is 2.98. The van der Waals surface area contributed by atoms with E-state index in [1.54, 1.807) is 0 Å². The lowest BCUT2D eigenvalue weighted by Gasteiger charge is -2.32. The van der Waals surface area contributed by atoms with Gasteiger partial charge in [0.1, 0.15) is 17.1 Å². The van der Waals surface area contributed by atoms with Crippen molar-refractivity contribution in [3.8, 4) is 11.5 Å². The van der Waals surface area contributed by atoms with Crippen molar-refractivity contribution in [3.63, 3.8) is 0 Å². The number of nitrogens with one attached hydrogen (secondary N) is 1. The molecule has 2 N–H and O–H groups in total. The molecule has 3 aromatic carbocycles. The molecule has 0 heterocycles. The standard InChI is InChI=1S/C39H56N2O4/c1-29(2)41(30(3)4)26-24-35(33-15-11-8-12-16-33)36-28-32(19-22-37(36)42)14-10-9-13-27-44-34-20-17-31(18-21-34)23-25-40-38(43)45-39(5,6)7/h8,11-12,15-22,28-30,35,42H,9-10,13-14,23-27H2,1-7H3,(H,40,43)/t35-/m1/s1. The molecular weight excluding hydrogens is 560 g/mol. The largest absolute Gasteiger partial charge is 0.508 e. The van der Waals surface area contributed by atoms with E-state index >= 15 is 0 Å². The van der Waals surface area contributed by atoms with Crippen LogP contribution in [0.2, 0.25) is 0 Å². The number of ether oxygens (including phenoxy) is 2. The second-order valence-corrected chi connectivity index (χ2v) is 13.6. The number of nitrogens with zero attached hydrogens (tertiary/aromatic N) is 1. The Labute approximate surface area is 272 Å². The van der Waals surface area contributed by atoms with E-state index in [0.29, 0.717) is 31.0 Å². The highest BCUT2D eigenvalue weighted by atomic mass is 16.6. The molecule has 45 heavy (non-hydrogen) atoms. The fourth-order valence-corrected chi connectivity index (χ4v) is 5.79. The number of hydrogen-bond acceptors (Lipinski definition) is 5. The predicted octanol–water partition coefficient (Wildman–Crippen LogP) is 8.89. The van der Waals surface area contributed by atoms with Crippen molar-refractivity contribution in [2.24, 2.45) is 0 Å². The minimum absolute atomic E-state index is 0.146. The van der Waals surface area contributed by atoms with Gasteiger partial charge in [-0.1, -0.05) is 54.6 Å². The third kappa shape index (κ3) is 12.8. The first-order valence-electron chi connectivity index (χ1n) is 16.7. The van der Waals surface area contributed by atoms with Crippen LogP contribution in [-0.4, -0.2) is 53.5 Å². The molecule has 3 rings (SSSR count). The van der Waals surface area contributed by atoms with Crippen LogP contribution >= 0.6 is 0 Å². The number of alkyl carbamates (subject to hydrolysis) is 1. The monoisotopic (exact) mass is 616 g/mol. The number of carbonyl (C=O) groups excluding carboxylic acids is 1. The summed E-state index contributed by atoms with van der Waals surface area (Å²) in [5.74, 6) is 1.39. The predicted molar refractivity (Wildman–Crippen MR) is 185 cm³/mol. The van der Waals surface area contributed by atoms with E-state index < -0.39 is 5.60 Å². The molecule has 3 aromatic rings. The Morgan fingerprint density at radius 1 is 0.844 bits per heavy atom. The van der Waals surface area contributed by atoms with Gasteiger partial charge in [-0.05, 0) is 128 Å². The van der Waals surface area contributed by atoms with E-state index in [1.165, 1.54) is 11.1 Å². The van der Waals surface area contributed by atoms with Gasteiger partial charge >= 0.3 is 6.09 Å². The molecule has 0 aliphatic carbocycles. The van der Waals surface area contributed by atoms with Crippen LogP contribution in [0.25, 0.3) is 0 Å². The number of rotatable bonds is 17. The molecule has 0 unspecified atom stereocenters. The molecule has 1 atom stereocenters. The molecule has 1 amide bonds. The van der Waals surface area contributed by atoms with Gasteiger partial charge in [0.05, 0.1) is 6.61 Å². The highest BCUT2D eigenvalue weighted by Crippen LogP contribution is 2.35. The SMILES string of the molecule is CC(C)N(CC[C@H](c1ccccc1)c1cc(CCCCCOc2ccc(CCNC(=O)OC(C)(C)C)cc2)ccc1O)C(C)C. The maximum absolute atomic E-state index is 11.8. The molecular formula is C39H56N2O4. The topological polar surface area (TPSA) is 71.0 Å². The highest BCUT2D eigenvalue weighted by molar-refractivity contribution is 5.67. The molecule has 6 heteroatoms. The number of carbonyl (C=O) groups is 1. The van der Waals surface area contributed by atoms with Gasteiger partial charge in [0, 0.05) is 30.1 Å². The van der Waals surface area contributed by atoms with Gasteiger partial charge in [-0.2, -0.15) is 0 Å². The number of aryl methyl sites for hydroxylation is 1. The second-order valence-electron chi connectivity index (χ2n) is 13.6. The third-order valence-electron chi connectivity index (χ3n) is 8.06. The maximum Gasteiger partial charge on any atom is 0.407 e. The minimum atomic E-state index is -0.493. The molecule has 246 valence electrons. The van der Waals surface area contributed by atoms with Crippen molar-refractivity contribution >= 4 is 6.09 Å². The molecule has 0 aliphatic heterocycles. The lowest BCUT2D eigenvalue weighted by Crippen LogP contribution is -2.38. The lowest BCUT2D eigenvalue weighted by atomic mass is 9.86. The third-order valence-corrected chi connectivity index (χ3v) is 8.06. The van der Waals surface area contributed by atoms with E-state index in [0.717, 1.165) is 61.9 Å². The molecule has 0 aliphatic rings. The Balaban J connectivity index is 1.46. The Morgan fingerprint density at radius 2 is 1.51 bits per heavy atom. The van der Waals surface area contributed by atoms with E-state index in [2.05, 4.69) is 80.4 Å². The van der Waals surface area contributed by atoms with Gasteiger partial charge in [0.15, 0.2) is 0 Å². The van der Waals surface area contributed by atoms with Gasteiger partial charge in [0.2, 0.25) is 0 Å². The molecule has 0 bridgehead atoms. The number of aromatic hydroxyl groups is 1. The Morgan fingerprint density at radius 3 is 2.16 bits per heavy atom. The molecule has 0 aromatic heterocycles. The fraction of sp³-hybridized carbons (Fsp3) is 0.513. The van der Waals surface area contributed by atoms with Gasteiger partial charge in [0.25, 0.3) is 0 Å². The Bertz CT molecular complexity index is 1270. The van der Waals surface area contributed by atoms with Crippen molar-refractivity contribution in [2.45, 2.75) is 111 Å². The van der Waals surface area contributed by atoms with E-state index in [9.17, 15) is 9.90 Å². The molecule has 6 nitrogen and oxygen atoms in total. The zero-order valence-corrected chi connectivity index (χ0v) is 28.6. The molecule has 0 saturated carbocycles. The van der Waals surface area contributed by atoms with Crippen molar-refractivity contribution in [1.82, 2.24) is 10.2 Å². The summed E-state index contributed by atoms with van der Waals surface area (Å²) in [5, 5.41) is 13.8. The number of benzene rings is 3. The number of unbranched alkanes of at least 4 members (excludes halogenated alkanes) is 2. The summed E-state index contributed by atoms with van der Waals surface area (Å²) >= 11 is 0. The quantitative estimate of drug-likeness (QED) is 0.148. The van der Waals surface area contributed by atoms with Crippen LogP contribution in [0.5, 0.6) is 11.5 Å². The minimum Gasteiger partial charge on any atom is -0.508 e. The van der Waals surface area contributed by atoms with Crippen molar-refractivity contribution in [2.75, 3.05) is 19.7 Å².